The van der Waals surface area contributed by atoms with Gasteiger partial charge in [0, 0.05) is 38.4 Å². The summed E-state index contributed by atoms with van der Waals surface area (Å²) in [4.78, 5) is 2.71. The number of nitrogens with one attached hydrogen (secondary N) is 1. The van der Waals surface area contributed by atoms with Crippen molar-refractivity contribution < 1.29 is 8.42 Å². The van der Waals surface area contributed by atoms with Crippen molar-refractivity contribution in [3.05, 3.63) is 24.3 Å². The van der Waals surface area contributed by atoms with Crippen LogP contribution in [-0.2, 0) is 10.0 Å². The summed E-state index contributed by atoms with van der Waals surface area (Å²) in [5.41, 5.74) is 3.20. The minimum absolute atomic E-state index is 0.331. The van der Waals surface area contributed by atoms with E-state index in [-0.39, 0.29) is 0 Å². The van der Waals surface area contributed by atoms with E-state index in [2.05, 4.69) is 10.3 Å². The Morgan fingerprint density at radius 1 is 1.10 bits per heavy atom. The van der Waals surface area contributed by atoms with Crippen molar-refractivity contribution in [1.82, 2.24) is 9.21 Å². The molecule has 0 unspecified atom stereocenters. The molecular weight excluding hydrogens is 288 g/mol. The third kappa shape index (κ3) is 3.37. The van der Waals surface area contributed by atoms with Gasteiger partial charge in [0.1, 0.15) is 0 Å². The maximum atomic E-state index is 12.6. The number of piperazine rings is 1. The second kappa shape index (κ2) is 5.92. The van der Waals surface area contributed by atoms with Crippen molar-refractivity contribution in [2.24, 2.45) is 11.8 Å². The fraction of sp³-hybridized carbons (Fsp3) is 0.571. The summed E-state index contributed by atoms with van der Waals surface area (Å²) in [6, 6.07) is 6.55. The van der Waals surface area contributed by atoms with Crippen molar-refractivity contribution in [1.29, 1.82) is 0 Å². The SMILES string of the molecule is NNc1ccc(S(=O)(=O)N2CCN(CC3CC3)CC2)cc1. The van der Waals surface area contributed by atoms with Gasteiger partial charge in [-0.15, -0.1) is 0 Å². The predicted octanol–water partition coefficient (Wildman–Crippen LogP) is 0.689. The van der Waals surface area contributed by atoms with Crippen LogP contribution >= 0.6 is 0 Å². The Balaban J connectivity index is 1.64. The van der Waals surface area contributed by atoms with E-state index < -0.39 is 10.0 Å². The van der Waals surface area contributed by atoms with E-state index in [4.69, 9.17) is 5.84 Å². The van der Waals surface area contributed by atoms with E-state index in [1.54, 1.807) is 28.6 Å². The summed E-state index contributed by atoms with van der Waals surface area (Å²) in [7, 11) is -3.39. The molecule has 6 nitrogen and oxygen atoms in total. The summed E-state index contributed by atoms with van der Waals surface area (Å²) in [6.45, 7) is 3.94. The van der Waals surface area contributed by atoms with Crippen LogP contribution in [0.1, 0.15) is 12.8 Å². The molecule has 0 aromatic heterocycles. The molecule has 1 saturated carbocycles. The molecule has 1 aromatic carbocycles. The minimum atomic E-state index is -3.39. The number of anilines is 1. The smallest absolute Gasteiger partial charge is 0.243 e. The first-order valence-corrected chi connectivity index (χ1v) is 8.83. The summed E-state index contributed by atoms with van der Waals surface area (Å²) in [5.74, 6) is 6.15. The zero-order valence-electron chi connectivity index (χ0n) is 12.0. The molecular formula is C14H22N4O2S. The molecule has 21 heavy (non-hydrogen) atoms. The van der Waals surface area contributed by atoms with E-state index in [1.807, 2.05) is 0 Å². The monoisotopic (exact) mass is 310 g/mol. The maximum Gasteiger partial charge on any atom is 0.243 e. The first-order chi connectivity index (χ1) is 10.1. The third-order valence-corrected chi connectivity index (χ3v) is 6.12. The van der Waals surface area contributed by atoms with Crippen LogP contribution in [-0.4, -0.2) is 50.3 Å². The molecule has 116 valence electrons. The highest BCUT2D eigenvalue weighted by Gasteiger charge is 2.31. The van der Waals surface area contributed by atoms with Gasteiger partial charge in [0.15, 0.2) is 0 Å². The molecule has 3 N–H and O–H groups in total. The van der Waals surface area contributed by atoms with Gasteiger partial charge in [0.25, 0.3) is 0 Å². The van der Waals surface area contributed by atoms with Crippen molar-refractivity contribution in [3.8, 4) is 0 Å². The van der Waals surface area contributed by atoms with Crippen LogP contribution in [0.5, 0.6) is 0 Å². The quantitative estimate of drug-likeness (QED) is 0.618. The van der Waals surface area contributed by atoms with E-state index >= 15 is 0 Å². The van der Waals surface area contributed by atoms with E-state index in [0.29, 0.717) is 23.7 Å². The number of hydrazine groups is 1. The number of hydrogen-bond donors (Lipinski definition) is 2. The molecule has 1 aliphatic carbocycles. The van der Waals surface area contributed by atoms with Gasteiger partial charge in [0.2, 0.25) is 10.0 Å². The average molecular weight is 310 g/mol. The Bertz CT molecular complexity index is 575. The van der Waals surface area contributed by atoms with Crippen LogP contribution in [0.3, 0.4) is 0 Å². The summed E-state index contributed by atoms with van der Waals surface area (Å²) < 4.78 is 26.8. The molecule has 1 heterocycles. The molecule has 2 aliphatic rings. The maximum absolute atomic E-state index is 12.6. The van der Waals surface area contributed by atoms with Gasteiger partial charge >= 0.3 is 0 Å². The van der Waals surface area contributed by atoms with Gasteiger partial charge in [-0.1, -0.05) is 0 Å². The first-order valence-electron chi connectivity index (χ1n) is 7.39. The zero-order chi connectivity index (χ0) is 14.9. The zero-order valence-corrected chi connectivity index (χ0v) is 12.8. The molecule has 2 fully saturated rings. The molecule has 0 radical (unpaired) electrons. The van der Waals surface area contributed by atoms with Crippen molar-refractivity contribution in [2.75, 3.05) is 38.1 Å². The van der Waals surface area contributed by atoms with Crippen LogP contribution in [0.2, 0.25) is 0 Å². The highest BCUT2D eigenvalue weighted by atomic mass is 32.2. The highest BCUT2D eigenvalue weighted by Crippen LogP contribution is 2.30. The van der Waals surface area contributed by atoms with Crippen LogP contribution in [0.25, 0.3) is 0 Å². The largest absolute Gasteiger partial charge is 0.324 e. The van der Waals surface area contributed by atoms with E-state index in [0.717, 1.165) is 25.6 Å². The number of nitrogens with two attached hydrogens (primary N) is 1. The number of rotatable bonds is 5. The number of nitrogen functional groups attached to an aromatic ring is 1. The fourth-order valence-corrected chi connectivity index (χ4v) is 4.11. The molecule has 0 bridgehead atoms. The van der Waals surface area contributed by atoms with Gasteiger partial charge in [-0.3, -0.25) is 5.84 Å². The lowest BCUT2D eigenvalue weighted by molar-refractivity contribution is 0.182. The normalized spacial score (nSPS) is 21.4. The van der Waals surface area contributed by atoms with Crippen LogP contribution in [0.4, 0.5) is 5.69 Å². The minimum Gasteiger partial charge on any atom is -0.324 e. The molecule has 1 aromatic rings. The second-order valence-corrected chi connectivity index (χ2v) is 7.75. The van der Waals surface area contributed by atoms with Gasteiger partial charge in [-0.2, -0.15) is 4.31 Å². The lowest BCUT2D eigenvalue weighted by Gasteiger charge is -2.34. The Morgan fingerprint density at radius 2 is 1.71 bits per heavy atom. The molecule has 1 saturated heterocycles. The standard InChI is InChI=1S/C14H22N4O2S/c15-16-13-3-5-14(6-4-13)21(19,20)18-9-7-17(8-10-18)11-12-1-2-12/h3-6,12,16H,1-2,7-11,15H2. The molecule has 7 heteroatoms. The van der Waals surface area contributed by atoms with E-state index in [1.165, 1.54) is 12.8 Å². The molecule has 0 atom stereocenters. The molecule has 0 spiro atoms. The lowest BCUT2D eigenvalue weighted by Crippen LogP contribution is -2.49. The summed E-state index contributed by atoms with van der Waals surface area (Å²) >= 11 is 0. The van der Waals surface area contributed by atoms with Crippen molar-refractivity contribution >= 4 is 15.7 Å². The van der Waals surface area contributed by atoms with Crippen molar-refractivity contribution in [2.45, 2.75) is 17.7 Å². The Morgan fingerprint density at radius 3 is 2.24 bits per heavy atom. The summed E-state index contributed by atoms with van der Waals surface area (Å²) in [6.07, 6.45) is 2.67. The Hall–Kier alpha value is -1.15. The van der Waals surface area contributed by atoms with Crippen molar-refractivity contribution in [3.63, 3.8) is 0 Å². The van der Waals surface area contributed by atoms with Gasteiger partial charge in [0.05, 0.1) is 4.90 Å². The average Bonchev–Trinajstić information content (AvgIpc) is 3.32. The number of sulfonamides is 1. The predicted molar refractivity (Wildman–Crippen MR) is 82.2 cm³/mol. The van der Waals surface area contributed by atoms with E-state index in [9.17, 15) is 8.42 Å². The van der Waals surface area contributed by atoms with Gasteiger partial charge < -0.3 is 10.3 Å². The first kappa shape index (κ1) is 14.8. The molecule has 0 amide bonds. The Kier molecular flexibility index (Phi) is 4.17. The van der Waals surface area contributed by atoms with Gasteiger partial charge in [-0.05, 0) is 43.0 Å². The molecule has 1 aliphatic heterocycles. The molecule has 3 rings (SSSR count). The third-order valence-electron chi connectivity index (χ3n) is 4.20. The van der Waals surface area contributed by atoms with Crippen LogP contribution in [0.15, 0.2) is 29.2 Å². The number of nitrogens with zero attached hydrogens (tertiary/aromatic N) is 2. The lowest BCUT2D eigenvalue weighted by atomic mass is 10.3. The fourth-order valence-electron chi connectivity index (χ4n) is 2.69. The number of benzene rings is 1. The second-order valence-electron chi connectivity index (χ2n) is 5.82. The van der Waals surface area contributed by atoms with Gasteiger partial charge in [-0.25, -0.2) is 8.42 Å². The summed E-state index contributed by atoms with van der Waals surface area (Å²) in [5, 5.41) is 0. The van der Waals surface area contributed by atoms with Crippen LogP contribution in [0, 0.1) is 5.92 Å². The number of hydrogen-bond acceptors (Lipinski definition) is 5. The van der Waals surface area contributed by atoms with Crippen LogP contribution < -0.4 is 11.3 Å². The Labute approximate surface area is 125 Å². The topological polar surface area (TPSA) is 78.7 Å². The highest BCUT2D eigenvalue weighted by molar-refractivity contribution is 7.89.